The van der Waals surface area contributed by atoms with Gasteiger partial charge in [0.2, 0.25) is 0 Å². The van der Waals surface area contributed by atoms with E-state index in [9.17, 15) is 4.79 Å². The highest BCUT2D eigenvalue weighted by Crippen LogP contribution is 2.32. The summed E-state index contributed by atoms with van der Waals surface area (Å²) in [5, 5.41) is 2.93. The molecule has 2 aromatic heterocycles. The molecule has 7 heteroatoms. The Kier molecular flexibility index (Phi) is 4.84. The number of H-pyrrole nitrogens is 1. The standard InChI is InChI=1S/C19H30N6O/c1-13(2)17-12-23(7-4-8-24(17)10-15-5-6-15)11-16-9-18(26)25-19(21-16)20-14(3)22-25/h9,13,15,17H,4-8,10-12H2,1-3H3,(H,20,21,22). The summed E-state index contributed by atoms with van der Waals surface area (Å²) in [6.07, 6.45) is 3.99. The van der Waals surface area contributed by atoms with Gasteiger partial charge < -0.3 is 0 Å². The SMILES string of the molecule is Cc1nc2nc(CN3CCCN(CC4CC4)C(C(C)C)C3)cc(=O)n2[nH]1. The molecule has 1 saturated heterocycles. The van der Waals surface area contributed by atoms with Crippen LogP contribution in [0.3, 0.4) is 0 Å². The van der Waals surface area contributed by atoms with Crippen LogP contribution < -0.4 is 5.56 Å². The third-order valence-corrected chi connectivity index (χ3v) is 5.67. The van der Waals surface area contributed by atoms with Gasteiger partial charge in [-0.15, -0.1) is 0 Å². The lowest BCUT2D eigenvalue weighted by atomic mass is 10.0. The fourth-order valence-corrected chi connectivity index (χ4v) is 4.11. The first kappa shape index (κ1) is 17.7. The second-order valence-electron chi connectivity index (χ2n) is 8.37. The van der Waals surface area contributed by atoms with Crippen molar-refractivity contribution in [1.82, 2.24) is 29.4 Å². The molecule has 0 spiro atoms. The van der Waals surface area contributed by atoms with Crippen LogP contribution in [0, 0.1) is 18.8 Å². The van der Waals surface area contributed by atoms with E-state index in [4.69, 9.17) is 0 Å². The largest absolute Gasteiger partial charge is 0.299 e. The van der Waals surface area contributed by atoms with E-state index in [-0.39, 0.29) is 5.56 Å². The number of hydrogen-bond acceptors (Lipinski definition) is 5. The Morgan fingerprint density at radius 3 is 2.81 bits per heavy atom. The van der Waals surface area contributed by atoms with Crippen molar-refractivity contribution in [2.75, 3.05) is 26.2 Å². The molecule has 1 saturated carbocycles. The third-order valence-electron chi connectivity index (χ3n) is 5.67. The van der Waals surface area contributed by atoms with Crippen molar-refractivity contribution in [3.8, 4) is 0 Å². The highest BCUT2D eigenvalue weighted by Gasteiger charge is 2.32. The van der Waals surface area contributed by atoms with Gasteiger partial charge >= 0.3 is 0 Å². The van der Waals surface area contributed by atoms with Gasteiger partial charge in [0.1, 0.15) is 5.82 Å². The summed E-state index contributed by atoms with van der Waals surface area (Å²) in [5.41, 5.74) is 0.732. The van der Waals surface area contributed by atoms with Gasteiger partial charge in [0.25, 0.3) is 11.3 Å². The van der Waals surface area contributed by atoms with Gasteiger partial charge in [-0.05, 0) is 51.1 Å². The van der Waals surface area contributed by atoms with Gasteiger partial charge in [0.05, 0.1) is 5.69 Å². The molecule has 7 nitrogen and oxygen atoms in total. The minimum atomic E-state index is -0.0869. The average Bonchev–Trinajstić information content (AvgIpc) is 3.33. The quantitative estimate of drug-likeness (QED) is 0.880. The lowest BCUT2D eigenvalue weighted by Gasteiger charge is -2.34. The van der Waals surface area contributed by atoms with Crippen LogP contribution in [0.15, 0.2) is 10.9 Å². The minimum Gasteiger partial charge on any atom is -0.299 e. The fourth-order valence-electron chi connectivity index (χ4n) is 4.11. The fraction of sp³-hybridized carbons (Fsp3) is 0.737. The molecular formula is C19H30N6O. The Morgan fingerprint density at radius 2 is 2.08 bits per heavy atom. The summed E-state index contributed by atoms with van der Waals surface area (Å²) in [6.45, 7) is 11.8. The molecule has 142 valence electrons. The van der Waals surface area contributed by atoms with E-state index >= 15 is 0 Å². The molecule has 0 radical (unpaired) electrons. The van der Waals surface area contributed by atoms with Gasteiger partial charge in [-0.3, -0.25) is 19.7 Å². The van der Waals surface area contributed by atoms with E-state index in [1.807, 2.05) is 6.92 Å². The van der Waals surface area contributed by atoms with Crippen LogP contribution in [-0.2, 0) is 6.54 Å². The number of rotatable bonds is 5. The zero-order valence-corrected chi connectivity index (χ0v) is 16.1. The first-order valence-electron chi connectivity index (χ1n) is 9.91. The Morgan fingerprint density at radius 1 is 1.27 bits per heavy atom. The molecule has 0 aromatic carbocycles. The monoisotopic (exact) mass is 358 g/mol. The van der Waals surface area contributed by atoms with Crippen LogP contribution in [0.1, 0.15) is 44.6 Å². The van der Waals surface area contributed by atoms with E-state index in [2.05, 4.69) is 38.7 Å². The molecule has 4 rings (SSSR count). The van der Waals surface area contributed by atoms with Crippen LogP contribution in [0.5, 0.6) is 0 Å². The molecule has 2 aliphatic rings. The Labute approximate surface area is 154 Å². The van der Waals surface area contributed by atoms with Gasteiger partial charge in [0.15, 0.2) is 0 Å². The summed E-state index contributed by atoms with van der Waals surface area (Å²) < 4.78 is 1.41. The summed E-state index contributed by atoms with van der Waals surface area (Å²) in [4.78, 5) is 26.4. The number of aromatic amines is 1. The zero-order chi connectivity index (χ0) is 18.3. The van der Waals surface area contributed by atoms with Gasteiger partial charge in [-0.2, -0.15) is 9.50 Å². The van der Waals surface area contributed by atoms with Crippen LogP contribution in [0.2, 0.25) is 0 Å². The van der Waals surface area contributed by atoms with E-state index < -0.39 is 0 Å². The minimum absolute atomic E-state index is 0.0869. The number of nitrogens with zero attached hydrogens (tertiary/aromatic N) is 5. The van der Waals surface area contributed by atoms with Crippen LogP contribution in [-0.4, -0.2) is 61.6 Å². The molecule has 3 heterocycles. The molecular weight excluding hydrogens is 328 g/mol. The van der Waals surface area contributed by atoms with E-state index in [1.165, 1.54) is 36.9 Å². The second kappa shape index (κ2) is 7.12. The molecule has 1 N–H and O–H groups in total. The third kappa shape index (κ3) is 3.83. The Bertz CT molecular complexity index is 821. The first-order valence-corrected chi connectivity index (χ1v) is 9.91. The summed E-state index contributed by atoms with van der Waals surface area (Å²) in [6, 6.07) is 2.22. The first-order chi connectivity index (χ1) is 12.5. The average molecular weight is 358 g/mol. The Balaban J connectivity index is 1.51. The molecule has 26 heavy (non-hydrogen) atoms. The van der Waals surface area contributed by atoms with E-state index in [0.717, 1.165) is 31.2 Å². The second-order valence-corrected chi connectivity index (χ2v) is 8.37. The number of fused-ring (bicyclic) bond motifs is 1. The number of nitrogens with one attached hydrogen (secondary N) is 1. The number of hydrogen-bond donors (Lipinski definition) is 1. The molecule has 2 fully saturated rings. The van der Waals surface area contributed by atoms with Gasteiger partial charge in [0, 0.05) is 31.7 Å². The summed E-state index contributed by atoms with van der Waals surface area (Å²) in [7, 11) is 0. The van der Waals surface area contributed by atoms with Crippen molar-refractivity contribution < 1.29 is 0 Å². The molecule has 1 aliphatic heterocycles. The highest BCUT2D eigenvalue weighted by atomic mass is 16.1. The molecule has 1 unspecified atom stereocenters. The van der Waals surface area contributed by atoms with E-state index in [1.54, 1.807) is 6.07 Å². The molecule has 0 amide bonds. The smallest absolute Gasteiger partial charge is 0.274 e. The summed E-state index contributed by atoms with van der Waals surface area (Å²) in [5.74, 6) is 2.73. The van der Waals surface area contributed by atoms with Crippen molar-refractivity contribution >= 4 is 5.78 Å². The van der Waals surface area contributed by atoms with Crippen molar-refractivity contribution in [2.45, 2.75) is 52.6 Å². The zero-order valence-electron chi connectivity index (χ0n) is 16.1. The maximum absolute atomic E-state index is 12.3. The van der Waals surface area contributed by atoms with Crippen molar-refractivity contribution in [1.29, 1.82) is 0 Å². The number of aryl methyl sites for hydroxylation is 1. The molecule has 2 aromatic rings. The lowest BCUT2D eigenvalue weighted by Crippen LogP contribution is -2.45. The van der Waals surface area contributed by atoms with Crippen molar-refractivity contribution in [2.24, 2.45) is 11.8 Å². The van der Waals surface area contributed by atoms with Gasteiger partial charge in [-0.1, -0.05) is 13.8 Å². The highest BCUT2D eigenvalue weighted by molar-refractivity contribution is 5.27. The van der Waals surface area contributed by atoms with Crippen molar-refractivity contribution in [3.05, 3.63) is 27.9 Å². The van der Waals surface area contributed by atoms with Crippen LogP contribution >= 0.6 is 0 Å². The van der Waals surface area contributed by atoms with Gasteiger partial charge in [-0.25, -0.2) is 4.98 Å². The molecule has 1 aliphatic carbocycles. The predicted molar refractivity (Wildman–Crippen MR) is 101 cm³/mol. The topological polar surface area (TPSA) is 69.5 Å². The maximum Gasteiger partial charge on any atom is 0.274 e. The van der Waals surface area contributed by atoms with Crippen LogP contribution in [0.25, 0.3) is 5.78 Å². The number of aromatic nitrogens is 4. The Hall–Kier alpha value is -1.73. The normalized spacial score (nSPS) is 23.0. The maximum atomic E-state index is 12.3. The van der Waals surface area contributed by atoms with E-state index in [0.29, 0.717) is 23.6 Å². The van der Waals surface area contributed by atoms with Crippen molar-refractivity contribution in [3.63, 3.8) is 0 Å². The predicted octanol–water partition coefficient (Wildman–Crippen LogP) is 1.67. The summed E-state index contributed by atoms with van der Waals surface area (Å²) >= 11 is 0. The lowest BCUT2D eigenvalue weighted by molar-refractivity contribution is 0.131. The molecule has 0 bridgehead atoms. The molecule has 1 atom stereocenters. The van der Waals surface area contributed by atoms with Crippen LogP contribution in [0.4, 0.5) is 0 Å².